The second-order valence-corrected chi connectivity index (χ2v) is 7.55. The van der Waals surface area contributed by atoms with Gasteiger partial charge in [0.15, 0.2) is 0 Å². The molecule has 0 atom stereocenters. The summed E-state index contributed by atoms with van der Waals surface area (Å²) in [5.41, 5.74) is 2.00. The lowest BCUT2D eigenvalue weighted by molar-refractivity contribution is 0.463. The molecule has 0 aliphatic heterocycles. The summed E-state index contributed by atoms with van der Waals surface area (Å²) in [7, 11) is 0. The van der Waals surface area contributed by atoms with Crippen molar-refractivity contribution < 1.29 is 8.83 Å². The maximum absolute atomic E-state index is 5.77. The van der Waals surface area contributed by atoms with Crippen molar-refractivity contribution in [3.63, 3.8) is 0 Å². The fraction of sp³-hybridized carbons (Fsp3) is 0.250. The van der Waals surface area contributed by atoms with Crippen LogP contribution in [0, 0.1) is 27.7 Å². The number of aromatic nitrogens is 4. The van der Waals surface area contributed by atoms with Crippen LogP contribution in [0.5, 0.6) is 0 Å². The van der Waals surface area contributed by atoms with Crippen LogP contribution < -0.4 is 0 Å². The van der Waals surface area contributed by atoms with E-state index in [1.807, 2.05) is 19.9 Å². The molecule has 4 aromatic heterocycles. The molecule has 6 nitrogen and oxygen atoms in total. The summed E-state index contributed by atoms with van der Waals surface area (Å²) in [5, 5.41) is 10.6. The van der Waals surface area contributed by atoms with E-state index in [1.165, 1.54) is 22.2 Å². The monoisotopic (exact) mass is 358 g/mol. The van der Waals surface area contributed by atoms with E-state index in [2.05, 4.69) is 34.0 Å². The van der Waals surface area contributed by atoms with Gasteiger partial charge in [0.1, 0.15) is 21.4 Å². The van der Waals surface area contributed by atoms with Crippen molar-refractivity contribution in [1.29, 1.82) is 0 Å². The molecule has 8 heteroatoms. The number of rotatable bonds is 3. The van der Waals surface area contributed by atoms with Crippen LogP contribution in [0.3, 0.4) is 0 Å². The molecule has 122 valence electrons. The molecule has 0 radical (unpaired) electrons. The first kappa shape index (κ1) is 15.3. The SMILES string of the molecule is Cc1nc(Sc2nnc(-c3ccoc3C)o2)c2c(C)c(C)sc2n1. The predicted molar refractivity (Wildman–Crippen MR) is 92.5 cm³/mol. The first-order valence-corrected chi connectivity index (χ1v) is 8.96. The highest BCUT2D eigenvalue weighted by Crippen LogP contribution is 2.38. The van der Waals surface area contributed by atoms with Gasteiger partial charge in [-0.15, -0.1) is 21.5 Å². The standard InChI is InChI=1S/C16H14N4O2S2/c1-7-9(3)23-14-12(7)15(18-10(4)17-14)24-16-20-19-13(22-16)11-5-6-21-8(11)2/h5-6H,1-4H3. The minimum Gasteiger partial charge on any atom is -0.469 e. The van der Waals surface area contributed by atoms with E-state index < -0.39 is 0 Å². The van der Waals surface area contributed by atoms with E-state index in [9.17, 15) is 0 Å². The zero-order chi connectivity index (χ0) is 16.8. The van der Waals surface area contributed by atoms with Crippen molar-refractivity contribution in [2.24, 2.45) is 0 Å². The smallest absolute Gasteiger partial charge is 0.283 e. The summed E-state index contributed by atoms with van der Waals surface area (Å²) in [5.74, 6) is 1.93. The van der Waals surface area contributed by atoms with Crippen LogP contribution in [0.25, 0.3) is 21.7 Å². The molecule has 0 unspecified atom stereocenters. The number of thiophene rings is 1. The zero-order valence-corrected chi connectivity index (χ0v) is 15.2. The van der Waals surface area contributed by atoms with Gasteiger partial charge in [-0.3, -0.25) is 0 Å². The van der Waals surface area contributed by atoms with E-state index in [0.717, 1.165) is 32.4 Å². The van der Waals surface area contributed by atoms with Crippen LogP contribution in [-0.4, -0.2) is 20.2 Å². The Hall–Kier alpha value is -2.19. The van der Waals surface area contributed by atoms with Crippen LogP contribution in [0.15, 0.2) is 31.4 Å². The lowest BCUT2D eigenvalue weighted by atomic mass is 10.2. The van der Waals surface area contributed by atoms with Gasteiger partial charge in [-0.2, -0.15) is 0 Å². The Labute approximate surface area is 146 Å². The van der Waals surface area contributed by atoms with Gasteiger partial charge in [0, 0.05) is 10.3 Å². The molecule has 0 aliphatic rings. The Morgan fingerprint density at radius 1 is 1.08 bits per heavy atom. The van der Waals surface area contributed by atoms with Crippen LogP contribution >= 0.6 is 23.1 Å². The molecule has 0 amide bonds. The van der Waals surface area contributed by atoms with E-state index in [4.69, 9.17) is 8.83 Å². The summed E-state index contributed by atoms with van der Waals surface area (Å²) in [6.07, 6.45) is 1.61. The molecule has 0 aromatic carbocycles. The zero-order valence-electron chi connectivity index (χ0n) is 13.6. The summed E-state index contributed by atoms with van der Waals surface area (Å²) in [6.45, 7) is 7.94. The maximum Gasteiger partial charge on any atom is 0.283 e. The average molecular weight is 358 g/mol. The number of furan rings is 1. The van der Waals surface area contributed by atoms with Gasteiger partial charge in [-0.25, -0.2) is 9.97 Å². The van der Waals surface area contributed by atoms with Crippen LogP contribution in [0.2, 0.25) is 0 Å². The molecule has 4 rings (SSSR count). The molecule has 4 heterocycles. The fourth-order valence-electron chi connectivity index (χ4n) is 2.44. The van der Waals surface area contributed by atoms with Gasteiger partial charge in [0.2, 0.25) is 0 Å². The van der Waals surface area contributed by atoms with Gasteiger partial charge < -0.3 is 8.83 Å². The van der Waals surface area contributed by atoms with Gasteiger partial charge >= 0.3 is 0 Å². The molecule has 0 saturated heterocycles. The highest BCUT2D eigenvalue weighted by atomic mass is 32.2. The number of hydrogen-bond donors (Lipinski definition) is 0. The molecule has 0 bridgehead atoms. The minimum atomic E-state index is 0.448. The van der Waals surface area contributed by atoms with E-state index >= 15 is 0 Å². The lowest BCUT2D eigenvalue weighted by Gasteiger charge is -2.01. The van der Waals surface area contributed by atoms with Crippen molar-refractivity contribution in [3.8, 4) is 11.5 Å². The first-order chi connectivity index (χ1) is 11.5. The second kappa shape index (κ2) is 5.71. The van der Waals surface area contributed by atoms with Crippen LogP contribution in [0.1, 0.15) is 22.0 Å². The van der Waals surface area contributed by atoms with Crippen molar-refractivity contribution in [2.45, 2.75) is 37.9 Å². The predicted octanol–water partition coefficient (Wildman–Crippen LogP) is 4.72. The van der Waals surface area contributed by atoms with E-state index in [1.54, 1.807) is 17.6 Å². The summed E-state index contributed by atoms with van der Waals surface area (Å²) in [6, 6.07) is 1.82. The third-order valence-electron chi connectivity index (χ3n) is 3.79. The topological polar surface area (TPSA) is 77.8 Å². The number of hydrogen-bond acceptors (Lipinski definition) is 8. The fourth-order valence-corrected chi connectivity index (χ4v) is 4.47. The summed E-state index contributed by atoms with van der Waals surface area (Å²) >= 11 is 3.05. The largest absolute Gasteiger partial charge is 0.469 e. The number of fused-ring (bicyclic) bond motifs is 1. The summed E-state index contributed by atoms with van der Waals surface area (Å²) in [4.78, 5) is 11.3. The van der Waals surface area contributed by atoms with Crippen molar-refractivity contribution in [3.05, 3.63) is 34.4 Å². The maximum atomic E-state index is 5.77. The Bertz CT molecular complexity index is 1050. The molecule has 0 aliphatic carbocycles. The highest BCUT2D eigenvalue weighted by Gasteiger charge is 2.18. The highest BCUT2D eigenvalue weighted by molar-refractivity contribution is 7.99. The molecule has 0 saturated carbocycles. The number of aryl methyl sites for hydroxylation is 4. The second-order valence-electron chi connectivity index (χ2n) is 5.41. The Morgan fingerprint density at radius 2 is 1.92 bits per heavy atom. The third kappa shape index (κ3) is 2.51. The van der Waals surface area contributed by atoms with Gasteiger partial charge in [-0.05, 0) is 51.1 Å². The van der Waals surface area contributed by atoms with Gasteiger partial charge in [0.25, 0.3) is 11.1 Å². The van der Waals surface area contributed by atoms with Crippen molar-refractivity contribution >= 4 is 33.3 Å². The quantitative estimate of drug-likeness (QED) is 0.490. The Morgan fingerprint density at radius 3 is 2.67 bits per heavy atom. The van der Waals surface area contributed by atoms with Gasteiger partial charge in [0.05, 0.1) is 11.8 Å². The first-order valence-electron chi connectivity index (χ1n) is 7.33. The molecule has 0 N–H and O–H groups in total. The molecular formula is C16H14N4O2S2. The summed E-state index contributed by atoms with van der Waals surface area (Å²) < 4.78 is 11.1. The molecule has 4 aromatic rings. The van der Waals surface area contributed by atoms with Crippen molar-refractivity contribution in [1.82, 2.24) is 20.2 Å². The Kier molecular flexibility index (Phi) is 3.65. The molecule has 0 spiro atoms. The van der Waals surface area contributed by atoms with Crippen LogP contribution in [-0.2, 0) is 0 Å². The molecule has 0 fully saturated rings. The van der Waals surface area contributed by atoms with Crippen LogP contribution in [0.4, 0.5) is 0 Å². The van der Waals surface area contributed by atoms with Gasteiger partial charge in [-0.1, -0.05) is 0 Å². The van der Waals surface area contributed by atoms with E-state index in [0.29, 0.717) is 11.1 Å². The normalized spacial score (nSPS) is 11.5. The molecule has 24 heavy (non-hydrogen) atoms. The average Bonchev–Trinajstić information content (AvgIpc) is 3.20. The number of nitrogens with zero attached hydrogens (tertiary/aromatic N) is 4. The minimum absolute atomic E-state index is 0.448. The Balaban J connectivity index is 1.75. The lowest BCUT2D eigenvalue weighted by Crippen LogP contribution is -1.91. The van der Waals surface area contributed by atoms with E-state index in [-0.39, 0.29) is 0 Å². The molecular weight excluding hydrogens is 344 g/mol. The van der Waals surface area contributed by atoms with Crippen molar-refractivity contribution in [2.75, 3.05) is 0 Å². The third-order valence-corrected chi connectivity index (χ3v) is 5.72.